The van der Waals surface area contributed by atoms with Crippen molar-refractivity contribution in [2.24, 2.45) is 10.7 Å². The molecule has 34 heavy (non-hydrogen) atoms. The molecule has 0 atom stereocenters. The van der Waals surface area contributed by atoms with E-state index in [0.717, 1.165) is 16.3 Å². The number of amides is 2. The van der Waals surface area contributed by atoms with E-state index in [9.17, 15) is 9.59 Å². The zero-order chi connectivity index (χ0) is 24.9. The number of carbonyl (C=O) groups excluding carboxylic acids is 2. The van der Waals surface area contributed by atoms with Crippen molar-refractivity contribution in [2.45, 2.75) is 20.8 Å². The average Bonchev–Trinajstić information content (AvgIpc) is 3.46. The Kier molecular flexibility index (Phi) is 9.93. The largest absolute Gasteiger partial charge is 0.369 e. The highest BCUT2D eigenvalue weighted by Crippen LogP contribution is 2.20. The number of rotatable bonds is 3. The molecule has 5 N–H and O–H groups in total. The molecule has 2 aromatic carbocycles. The standard InChI is InChI=1S/C20H19N5O2.C3H4N2.C2H6/c1-12-7-8-16(15(9-12)18(26)22-2)24-20(21)25-19(27)17-10-13-5-3-4-6-14(13)11-23-17;1-2-5-3-4-1;1-2/h3-11H,1-2H3,(H,22,26)(H3,21,24,25,27);1-3H,(H,4,5);1-2H3. The molecule has 4 aromatic rings. The van der Waals surface area contributed by atoms with Crippen LogP contribution in [0.2, 0.25) is 0 Å². The van der Waals surface area contributed by atoms with Crippen LogP contribution in [0.3, 0.4) is 0 Å². The van der Waals surface area contributed by atoms with Gasteiger partial charge in [0, 0.05) is 31.0 Å². The van der Waals surface area contributed by atoms with Crippen molar-refractivity contribution in [2.75, 3.05) is 7.05 Å². The van der Waals surface area contributed by atoms with E-state index in [-0.39, 0.29) is 17.6 Å². The van der Waals surface area contributed by atoms with Gasteiger partial charge in [0.2, 0.25) is 5.96 Å². The third-order valence-electron chi connectivity index (χ3n) is 4.38. The van der Waals surface area contributed by atoms with Crippen LogP contribution < -0.4 is 16.4 Å². The van der Waals surface area contributed by atoms with Gasteiger partial charge in [-0.25, -0.2) is 9.98 Å². The SMILES string of the molecule is CC.CNC(=O)c1cc(C)ccc1N=C(N)NC(=O)c1cc2ccccc2cn1.c1c[nH]cn1. The summed E-state index contributed by atoms with van der Waals surface area (Å²) < 4.78 is 0. The van der Waals surface area contributed by atoms with Crippen molar-refractivity contribution < 1.29 is 9.59 Å². The number of carbonyl (C=O) groups is 2. The maximum absolute atomic E-state index is 12.4. The Morgan fingerprint density at radius 1 is 1.03 bits per heavy atom. The summed E-state index contributed by atoms with van der Waals surface area (Å²) in [7, 11) is 1.54. The minimum Gasteiger partial charge on any atom is -0.369 e. The minimum atomic E-state index is -0.476. The van der Waals surface area contributed by atoms with Gasteiger partial charge in [-0.2, -0.15) is 0 Å². The van der Waals surface area contributed by atoms with E-state index in [4.69, 9.17) is 5.73 Å². The molecule has 0 radical (unpaired) electrons. The van der Waals surface area contributed by atoms with Gasteiger partial charge < -0.3 is 16.0 Å². The fourth-order valence-electron chi connectivity index (χ4n) is 2.82. The van der Waals surface area contributed by atoms with Gasteiger partial charge in [-0.3, -0.25) is 19.9 Å². The molecule has 0 aliphatic heterocycles. The van der Waals surface area contributed by atoms with Crippen LogP contribution in [0.4, 0.5) is 5.69 Å². The fraction of sp³-hybridized carbons (Fsp3) is 0.160. The zero-order valence-corrected chi connectivity index (χ0v) is 19.7. The van der Waals surface area contributed by atoms with Gasteiger partial charge in [-0.1, -0.05) is 49.7 Å². The smallest absolute Gasteiger partial charge is 0.276 e. The number of nitrogens with two attached hydrogens (primary N) is 1. The second-order valence-electron chi connectivity index (χ2n) is 6.73. The van der Waals surface area contributed by atoms with Gasteiger partial charge in [0.25, 0.3) is 11.8 Å². The topological polar surface area (TPSA) is 138 Å². The Balaban J connectivity index is 0.000000507. The summed E-state index contributed by atoms with van der Waals surface area (Å²) >= 11 is 0. The number of H-pyrrole nitrogens is 1. The molecule has 0 spiro atoms. The molecule has 9 nitrogen and oxygen atoms in total. The van der Waals surface area contributed by atoms with Crippen molar-refractivity contribution in [3.8, 4) is 0 Å². The van der Waals surface area contributed by atoms with Crippen LogP contribution in [0.25, 0.3) is 10.8 Å². The van der Waals surface area contributed by atoms with E-state index >= 15 is 0 Å². The molecule has 2 heterocycles. The number of guanidine groups is 1. The number of aromatic nitrogens is 3. The van der Waals surface area contributed by atoms with E-state index in [0.29, 0.717) is 11.3 Å². The summed E-state index contributed by atoms with van der Waals surface area (Å²) in [5, 5.41) is 6.89. The summed E-state index contributed by atoms with van der Waals surface area (Å²) in [6, 6.07) is 14.5. The Bertz CT molecular complexity index is 1230. The molecule has 9 heteroatoms. The highest BCUT2D eigenvalue weighted by molar-refractivity contribution is 6.07. The molecule has 2 aromatic heterocycles. The van der Waals surface area contributed by atoms with Crippen LogP contribution in [-0.2, 0) is 0 Å². The average molecular weight is 460 g/mol. The molecular weight excluding hydrogens is 430 g/mol. The molecular formula is C25H29N7O2. The zero-order valence-electron chi connectivity index (χ0n) is 19.7. The van der Waals surface area contributed by atoms with E-state index in [1.165, 1.54) is 7.05 Å². The molecule has 0 aliphatic carbocycles. The van der Waals surface area contributed by atoms with Crippen LogP contribution >= 0.6 is 0 Å². The van der Waals surface area contributed by atoms with Gasteiger partial charge in [-0.15, -0.1) is 0 Å². The molecule has 4 rings (SSSR count). The number of hydrogen-bond donors (Lipinski definition) is 4. The van der Waals surface area contributed by atoms with Crippen LogP contribution in [-0.4, -0.2) is 39.8 Å². The number of aliphatic imine (C=N–C) groups is 1. The van der Waals surface area contributed by atoms with Gasteiger partial charge in [0.15, 0.2) is 0 Å². The first kappa shape index (κ1) is 25.7. The molecule has 176 valence electrons. The Morgan fingerprint density at radius 3 is 2.38 bits per heavy atom. The maximum Gasteiger partial charge on any atom is 0.276 e. The Labute approximate surface area is 198 Å². The lowest BCUT2D eigenvalue weighted by Gasteiger charge is -2.08. The summed E-state index contributed by atoms with van der Waals surface area (Å²) in [6.07, 6.45) is 6.71. The van der Waals surface area contributed by atoms with Crippen molar-refractivity contribution in [1.29, 1.82) is 0 Å². The van der Waals surface area contributed by atoms with Crippen molar-refractivity contribution in [3.63, 3.8) is 0 Å². The van der Waals surface area contributed by atoms with Gasteiger partial charge in [0.05, 0.1) is 17.6 Å². The first-order valence-electron chi connectivity index (χ1n) is 10.7. The molecule has 0 aliphatic rings. The van der Waals surface area contributed by atoms with Crippen LogP contribution in [0, 0.1) is 6.92 Å². The minimum absolute atomic E-state index is 0.121. The summed E-state index contributed by atoms with van der Waals surface area (Å²) in [5.41, 5.74) is 7.74. The molecule has 0 saturated heterocycles. The normalized spacial score (nSPS) is 10.3. The number of hydrogen-bond acceptors (Lipinski definition) is 5. The number of fused-ring (bicyclic) bond motifs is 1. The van der Waals surface area contributed by atoms with Crippen molar-refractivity contribution in [3.05, 3.63) is 90.3 Å². The third kappa shape index (κ3) is 7.27. The van der Waals surface area contributed by atoms with E-state index in [2.05, 4.69) is 30.6 Å². The molecule has 0 bridgehead atoms. The number of benzene rings is 2. The van der Waals surface area contributed by atoms with Crippen LogP contribution in [0.15, 0.2) is 78.4 Å². The number of nitrogens with one attached hydrogen (secondary N) is 3. The highest BCUT2D eigenvalue weighted by Gasteiger charge is 2.13. The second-order valence-corrected chi connectivity index (χ2v) is 6.73. The lowest BCUT2D eigenvalue weighted by atomic mass is 10.1. The first-order chi connectivity index (χ1) is 16.5. The number of nitrogens with zero attached hydrogens (tertiary/aromatic N) is 3. The Morgan fingerprint density at radius 2 is 1.76 bits per heavy atom. The first-order valence-corrected chi connectivity index (χ1v) is 10.7. The number of aryl methyl sites for hydroxylation is 1. The molecule has 0 unspecified atom stereocenters. The summed E-state index contributed by atoms with van der Waals surface area (Å²) in [5.74, 6) is -0.882. The Hall–Kier alpha value is -4.53. The fourth-order valence-corrected chi connectivity index (χ4v) is 2.82. The lowest BCUT2D eigenvalue weighted by Crippen LogP contribution is -2.37. The monoisotopic (exact) mass is 459 g/mol. The van der Waals surface area contributed by atoms with Gasteiger partial charge in [0.1, 0.15) is 5.69 Å². The molecule has 0 fully saturated rings. The van der Waals surface area contributed by atoms with Crippen LogP contribution in [0.1, 0.15) is 40.3 Å². The highest BCUT2D eigenvalue weighted by atomic mass is 16.2. The van der Waals surface area contributed by atoms with E-state index < -0.39 is 5.91 Å². The predicted octanol–water partition coefficient (Wildman–Crippen LogP) is 3.71. The summed E-state index contributed by atoms with van der Waals surface area (Å²) in [6.45, 7) is 5.87. The second kappa shape index (κ2) is 13.1. The number of pyridine rings is 1. The van der Waals surface area contributed by atoms with Crippen molar-refractivity contribution in [1.82, 2.24) is 25.6 Å². The quantitative estimate of drug-likeness (QED) is 0.273. The number of imidazole rings is 1. The van der Waals surface area contributed by atoms with E-state index in [1.54, 1.807) is 43.1 Å². The predicted molar refractivity (Wildman–Crippen MR) is 135 cm³/mol. The van der Waals surface area contributed by atoms with Crippen LogP contribution in [0.5, 0.6) is 0 Å². The molecule has 2 amide bonds. The van der Waals surface area contributed by atoms with Crippen molar-refractivity contribution >= 4 is 34.2 Å². The third-order valence-corrected chi connectivity index (χ3v) is 4.38. The maximum atomic E-state index is 12.4. The number of aromatic amines is 1. The van der Waals surface area contributed by atoms with Gasteiger partial charge in [-0.05, 0) is 30.5 Å². The van der Waals surface area contributed by atoms with Gasteiger partial charge >= 0.3 is 0 Å². The summed E-state index contributed by atoms with van der Waals surface area (Å²) in [4.78, 5) is 39.2. The lowest BCUT2D eigenvalue weighted by molar-refractivity contribution is 0.0959. The van der Waals surface area contributed by atoms with E-state index in [1.807, 2.05) is 51.1 Å². The molecule has 0 saturated carbocycles.